The van der Waals surface area contributed by atoms with Gasteiger partial charge in [0.25, 0.3) is 0 Å². The maximum Gasteiger partial charge on any atom is 0.226 e. The Morgan fingerprint density at radius 2 is 1.78 bits per heavy atom. The highest BCUT2D eigenvalue weighted by Gasteiger charge is 2.46. The van der Waals surface area contributed by atoms with Gasteiger partial charge in [0.05, 0.1) is 6.04 Å². The largest absolute Gasteiger partial charge is 0.339 e. The summed E-state index contributed by atoms with van der Waals surface area (Å²) in [4.78, 5) is 14.3. The van der Waals surface area contributed by atoms with E-state index in [4.69, 9.17) is 0 Å². The molecule has 0 heterocycles. The van der Waals surface area contributed by atoms with Crippen LogP contribution < -0.4 is 0 Å². The molecular weight excluding hydrogens is 296 g/mol. The molecule has 2 nitrogen and oxygen atoms in total. The summed E-state index contributed by atoms with van der Waals surface area (Å²) < 4.78 is 26.8. The fourth-order valence-electron chi connectivity index (χ4n) is 3.00. The summed E-state index contributed by atoms with van der Waals surface area (Å²) in [6.45, 7) is 1.91. The molecule has 3 atom stereocenters. The van der Waals surface area contributed by atoms with Crippen molar-refractivity contribution in [3.63, 3.8) is 0 Å². The fraction of sp³-hybridized carbons (Fsp3) is 0.316. The lowest BCUT2D eigenvalue weighted by molar-refractivity contribution is -0.133. The first-order valence-electron chi connectivity index (χ1n) is 7.75. The van der Waals surface area contributed by atoms with Crippen LogP contribution in [-0.4, -0.2) is 17.9 Å². The Morgan fingerprint density at radius 1 is 1.13 bits per heavy atom. The normalized spacial score (nSPS) is 20.9. The van der Waals surface area contributed by atoms with Crippen molar-refractivity contribution >= 4 is 5.91 Å². The van der Waals surface area contributed by atoms with Crippen molar-refractivity contribution in [3.05, 3.63) is 71.3 Å². The molecule has 0 radical (unpaired) electrons. The standard InChI is InChI=1S/C19H19F2NO/c1-12(13-7-9-14(20)10-8-13)22(2)19(23)17-11-16(17)15-5-3-4-6-18(15)21/h3-10,12,16-17H,11H2,1-2H3. The van der Waals surface area contributed by atoms with Gasteiger partial charge >= 0.3 is 0 Å². The minimum atomic E-state index is -0.295. The number of nitrogens with zero attached hydrogens (tertiary/aromatic N) is 1. The van der Waals surface area contributed by atoms with Crippen LogP contribution in [0.25, 0.3) is 0 Å². The third kappa shape index (κ3) is 3.11. The molecule has 2 aromatic carbocycles. The van der Waals surface area contributed by atoms with Gasteiger partial charge < -0.3 is 4.90 Å². The summed E-state index contributed by atoms with van der Waals surface area (Å²) in [6.07, 6.45) is 0.681. The van der Waals surface area contributed by atoms with Crippen LogP contribution in [0.1, 0.15) is 36.4 Å². The lowest BCUT2D eigenvalue weighted by Crippen LogP contribution is -2.31. The van der Waals surface area contributed by atoms with Crippen molar-refractivity contribution in [3.8, 4) is 0 Å². The average molecular weight is 315 g/mol. The van der Waals surface area contributed by atoms with E-state index in [2.05, 4.69) is 0 Å². The van der Waals surface area contributed by atoms with Gasteiger partial charge in [0.15, 0.2) is 0 Å². The smallest absolute Gasteiger partial charge is 0.226 e. The van der Waals surface area contributed by atoms with Crippen LogP contribution >= 0.6 is 0 Å². The molecule has 1 fully saturated rings. The van der Waals surface area contributed by atoms with Crippen LogP contribution in [0, 0.1) is 17.6 Å². The molecule has 120 valence electrons. The molecule has 1 saturated carbocycles. The van der Waals surface area contributed by atoms with E-state index >= 15 is 0 Å². The molecule has 0 aliphatic heterocycles. The molecule has 4 heteroatoms. The number of rotatable bonds is 4. The summed E-state index contributed by atoms with van der Waals surface area (Å²) in [7, 11) is 1.74. The highest BCUT2D eigenvalue weighted by molar-refractivity contribution is 5.83. The molecule has 0 spiro atoms. The van der Waals surface area contributed by atoms with E-state index in [0.29, 0.717) is 12.0 Å². The number of carbonyl (C=O) groups is 1. The second-order valence-electron chi connectivity index (χ2n) is 6.15. The van der Waals surface area contributed by atoms with Gasteiger partial charge in [-0.15, -0.1) is 0 Å². The molecule has 1 aliphatic rings. The maximum atomic E-state index is 13.8. The van der Waals surface area contributed by atoms with Gasteiger partial charge in [0.2, 0.25) is 5.91 Å². The van der Waals surface area contributed by atoms with Crippen molar-refractivity contribution in [2.24, 2.45) is 5.92 Å². The minimum Gasteiger partial charge on any atom is -0.339 e. The average Bonchev–Trinajstić information content (AvgIpc) is 3.34. The summed E-state index contributed by atoms with van der Waals surface area (Å²) in [5.74, 6) is -0.736. The lowest BCUT2D eigenvalue weighted by atomic mass is 10.1. The molecule has 0 N–H and O–H groups in total. The minimum absolute atomic E-state index is 0.00933. The predicted molar refractivity (Wildman–Crippen MR) is 84.8 cm³/mol. The Kier molecular flexibility index (Phi) is 4.16. The molecule has 3 unspecified atom stereocenters. The number of amides is 1. The van der Waals surface area contributed by atoms with E-state index in [9.17, 15) is 13.6 Å². The first kappa shape index (κ1) is 15.7. The second kappa shape index (κ2) is 6.11. The number of carbonyl (C=O) groups excluding carboxylic acids is 1. The molecule has 3 rings (SSSR count). The molecule has 0 aromatic heterocycles. The van der Waals surface area contributed by atoms with Crippen molar-refractivity contribution in [2.45, 2.75) is 25.3 Å². The van der Waals surface area contributed by atoms with Crippen LogP contribution in [-0.2, 0) is 4.79 Å². The van der Waals surface area contributed by atoms with Crippen LogP contribution in [0.3, 0.4) is 0 Å². The Morgan fingerprint density at radius 3 is 2.43 bits per heavy atom. The fourth-order valence-corrected chi connectivity index (χ4v) is 3.00. The number of benzene rings is 2. The third-order valence-corrected chi connectivity index (χ3v) is 4.69. The van der Waals surface area contributed by atoms with Gasteiger partial charge in [-0.25, -0.2) is 8.78 Å². The molecule has 0 bridgehead atoms. The Labute approximate surface area is 134 Å². The quantitative estimate of drug-likeness (QED) is 0.824. The van der Waals surface area contributed by atoms with Crippen LogP contribution in [0.15, 0.2) is 48.5 Å². The van der Waals surface area contributed by atoms with Gasteiger partial charge in [-0.1, -0.05) is 30.3 Å². The van der Waals surface area contributed by atoms with E-state index in [-0.39, 0.29) is 35.4 Å². The molecule has 0 saturated heterocycles. The first-order chi connectivity index (χ1) is 11.0. The van der Waals surface area contributed by atoms with Crippen molar-refractivity contribution < 1.29 is 13.6 Å². The molecular formula is C19H19F2NO. The van der Waals surface area contributed by atoms with Crippen molar-refractivity contribution in [2.75, 3.05) is 7.05 Å². The Balaban J connectivity index is 1.69. The van der Waals surface area contributed by atoms with Crippen LogP contribution in [0.5, 0.6) is 0 Å². The zero-order valence-corrected chi connectivity index (χ0v) is 13.2. The SMILES string of the molecule is CC(c1ccc(F)cc1)N(C)C(=O)C1CC1c1ccccc1F. The van der Waals surface area contributed by atoms with Crippen molar-refractivity contribution in [1.82, 2.24) is 4.90 Å². The summed E-state index contributed by atoms with van der Waals surface area (Å²) in [5.41, 5.74) is 1.50. The van der Waals surface area contributed by atoms with Crippen molar-refractivity contribution in [1.29, 1.82) is 0 Å². The van der Waals surface area contributed by atoms with E-state index in [1.165, 1.54) is 18.2 Å². The number of hydrogen-bond donors (Lipinski definition) is 0. The first-order valence-corrected chi connectivity index (χ1v) is 7.75. The Bertz CT molecular complexity index is 714. The van der Waals surface area contributed by atoms with Gasteiger partial charge in [-0.3, -0.25) is 4.79 Å². The number of hydrogen-bond acceptors (Lipinski definition) is 1. The van der Waals surface area contributed by atoms with E-state index < -0.39 is 0 Å². The zero-order chi connectivity index (χ0) is 16.6. The van der Waals surface area contributed by atoms with Gasteiger partial charge in [0, 0.05) is 13.0 Å². The molecule has 2 aromatic rings. The third-order valence-electron chi connectivity index (χ3n) is 4.69. The highest BCUT2D eigenvalue weighted by Crippen LogP contribution is 2.49. The number of halogens is 2. The predicted octanol–water partition coefficient (Wildman–Crippen LogP) is 4.29. The zero-order valence-electron chi connectivity index (χ0n) is 13.2. The van der Waals surface area contributed by atoms with E-state index in [0.717, 1.165) is 5.56 Å². The monoisotopic (exact) mass is 315 g/mol. The van der Waals surface area contributed by atoms with Crippen LogP contribution in [0.2, 0.25) is 0 Å². The maximum absolute atomic E-state index is 13.8. The topological polar surface area (TPSA) is 20.3 Å². The summed E-state index contributed by atoms with van der Waals surface area (Å²) in [6, 6.07) is 12.6. The molecule has 1 aliphatic carbocycles. The van der Waals surface area contributed by atoms with Gasteiger partial charge in [-0.05, 0) is 48.6 Å². The highest BCUT2D eigenvalue weighted by atomic mass is 19.1. The second-order valence-corrected chi connectivity index (χ2v) is 6.15. The summed E-state index contributed by atoms with van der Waals surface area (Å²) >= 11 is 0. The van der Waals surface area contributed by atoms with Crippen LogP contribution in [0.4, 0.5) is 8.78 Å². The molecule has 1 amide bonds. The summed E-state index contributed by atoms with van der Waals surface area (Å²) in [5, 5.41) is 0. The Hall–Kier alpha value is -2.23. The van der Waals surface area contributed by atoms with Gasteiger partial charge in [-0.2, -0.15) is 0 Å². The molecule has 23 heavy (non-hydrogen) atoms. The van der Waals surface area contributed by atoms with E-state index in [1.54, 1.807) is 42.3 Å². The lowest BCUT2D eigenvalue weighted by Gasteiger charge is -2.25. The van der Waals surface area contributed by atoms with E-state index in [1.807, 2.05) is 6.92 Å². The van der Waals surface area contributed by atoms with Gasteiger partial charge in [0.1, 0.15) is 11.6 Å².